The third-order valence-electron chi connectivity index (χ3n) is 8.67. The molecule has 0 fully saturated rings. The summed E-state index contributed by atoms with van der Waals surface area (Å²) in [6.45, 7) is 4.27. The van der Waals surface area contributed by atoms with Crippen LogP contribution in [0.5, 0.6) is 11.5 Å². The summed E-state index contributed by atoms with van der Waals surface area (Å²) in [7, 11) is 0. The monoisotopic (exact) mass is 602 g/mol. The first-order chi connectivity index (χ1) is 21.9. The predicted molar refractivity (Wildman–Crippen MR) is 171 cm³/mol. The molecule has 0 unspecified atom stereocenters. The SMILES string of the molecule is Cc1c(C)c(CF)c(-c2cnn(-c3cccc(Oc4ccc5c6ccccc6n(-c6cc(F)ccn6)c5c4)c3)c2)c(CF)c1C. The van der Waals surface area contributed by atoms with Gasteiger partial charge in [0.1, 0.15) is 36.5 Å². The molecule has 0 N–H and O–H groups in total. The Balaban J connectivity index is 1.26. The summed E-state index contributed by atoms with van der Waals surface area (Å²) in [5.41, 5.74) is 7.22. The van der Waals surface area contributed by atoms with Crippen molar-refractivity contribution in [3.8, 4) is 34.1 Å². The number of benzene rings is 4. The molecule has 3 heterocycles. The van der Waals surface area contributed by atoms with E-state index in [1.165, 1.54) is 18.3 Å². The number of nitrogens with zero attached hydrogens (tertiary/aromatic N) is 4. The molecule has 0 saturated heterocycles. The zero-order valence-electron chi connectivity index (χ0n) is 25.0. The molecule has 0 aliphatic heterocycles. The lowest BCUT2D eigenvalue weighted by atomic mass is 9.87. The summed E-state index contributed by atoms with van der Waals surface area (Å²) in [4.78, 5) is 4.43. The van der Waals surface area contributed by atoms with Crippen LogP contribution in [0.2, 0.25) is 0 Å². The Kier molecular flexibility index (Phi) is 7.12. The van der Waals surface area contributed by atoms with Gasteiger partial charge in [-0.15, -0.1) is 0 Å². The fraction of sp³-hybridized carbons (Fsp3) is 0.135. The van der Waals surface area contributed by atoms with Crippen molar-refractivity contribution in [2.75, 3.05) is 0 Å². The minimum atomic E-state index is -0.692. The van der Waals surface area contributed by atoms with Gasteiger partial charge in [0.05, 0.1) is 22.9 Å². The molecule has 224 valence electrons. The van der Waals surface area contributed by atoms with Crippen molar-refractivity contribution < 1.29 is 17.9 Å². The quantitative estimate of drug-likeness (QED) is 0.182. The van der Waals surface area contributed by atoms with Crippen molar-refractivity contribution >= 4 is 21.8 Å². The van der Waals surface area contributed by atoms with Gasteiger partial charge in [0.25, 0.3) is 0 Å². The first kappa shape index (κ1) is 28.4. The average molecular weight is 603 g/mol. The summed E-state index contributed by atoms with van der Waals surface area (Å²) < 4.78 is 52.6. The molecule has 8 heteroatoms. The zero-order valence-corrected chi connectivity index (χ0v) is 25.0. The van der Waals surface area contributed by atoms with Crippen LogP contribution in [-0.4, -0.2) is 19.3 Å². The Hall–Kier alpha value is -5.37. The van der Waals surface area contributed by atoms with E-state index in [2.05, 4.69) is 10.1 Å². The van der Waals surface area contributed by atoms with Gasteiger partial charge in [0.2, 0.25) is 0 Å². The number of ether oxygens (including phenoxy) is 1. The van der Waals surface area contributed by atoms with Gasteiger partial charge in [0.15, 0.2) is 0 Å². The van der Waals surface area contributed by atoms with Crippen molar-refractivity contribution in [1.82, 2.24) is 19.3 Å². The lowest BCUT2D eigenvalue weighted by molar-refractivity contribution is 0.474. The maximum atomic E-state index is 14.3. The molecule has 7 rings (SSSR count). The van der Waals surface area contributed by atoms with Crippen LogP contribution in [0.15, 0.2) is 97.5 Å². The molecule has 0 saturated carbocycles. The van der Waals surface area contributed by atoms with Crippen molar-refractivity contribution in [2.24, 2.45) is 0 Å². The molecule has 0 aliphatic rings. The van der Waals surface area contributed by atoms with Gasteiger partial charge in [-0.1, -0.05) is 24.3 Å². The molecule has 3 aromatic heterocycles. The van der Waals surface area contributed by atoms with E-state index in [-0.39, 0.29) is 5.82 Å². The van der Waals surface area contributed by atoms with E-state index in [0.717, 1.165) is 44.2 Å². The number of rotatable bonds is 7. The van der Waals surface area contributed by atoms with Crippen molar-refractivity contribution in [3.05, 3.63) is 131 Å². The largest absolute Gasteiger partial charge is 0.457 e. The maximum absolute atomic E-state index is 14.3. The van der Waals surface area contributed by atoms with Crippen molar-refractivity contribution in [3.63, 3.8) is 0 Å². The molecular formula is C37H29F3N4O. The summed E-state index contributed by atoms with van der Waals surface area (Å²) in [6, 6.07) is 23.9. The molecular weight excluding hydrogens is 573 g/mol. The first-order valence-electron chi connectivity index (χ1n) is 14.6. The Labute approximate surface area is 258 Å². The number of pyridine rings is 1. The average Bonchev–Trinajstić information content (AvgIpc) is 3.67. The fourth-order valence-corrected chi connectivity index (χ4v) is 6.17. The highest BCUT2D eigenvalue weighted by atomic mass is 19.1. The van der Waals surface area contributed by atoms with Crippen LogP contribution in [0.1, 0.15) is 27.8 Å². The molecule has 7 aromatic rings. The molecule has 0 radical (unpaired) electrons. The predicted octanol–water partition coefficient (Wildman–Crippen LogP) is 9.83. The van der Waals surface area contributed by atoms with Gasteiger partial charge < -0.3 is 4.74 Å². The molecule has 0 aliphatic carbocycles. The van der Waals surface area contributed by atoms with Gasteiger partial charge in [-0.2, -0.15) is 5.10 Å². The van der Waals surface area contributed by atoms with Gasteiger partial charge in [0, 0.05) is 46.9 Å². The highest BCUT2D eigenvalue weighted by Crippen LogP contribution is 2.38. The minimum Gasteiger partial charge on any atom is -0.457 e. The smallest absolute Gasteiger partial charge is 0.140 e. The van der Waals surface area contributed by atoms with E-state index in [9.17, 15) is 13.2 Å². The number of hydrogen-bond donors (Lipinski definition) is 0. The fourth-order valence-electron chi connectivity index (χ4n) is 6.17. The number of hydrogen-bond acceptors (Lipinski definition) is 3. The van der Waals surface area contributed by atoms with E-state index >= 15 is 0 Å². The minimum absolute atomic E-state index is 0.369. The van der Waals surface area contributed by atoms with Crippen LogP contribution < -0.4 is 4.74 Å². The van der Waals surface area contributed by atoms with Crippen LogP contribution in [0.4, 0.5) is 13.2 Å². The third kappa shape index (κ3) is 4.83. The highest BCUT2D eigenvalue weighted by molar-refractivity contribution is 6.09. The van der Waals surface area contributed by atoms with E-state index < -0.39 is 13.3 Å². The summed E-state index contributed by atoms with van der Waals surface area (Å²) in [5, 5.41) is 6.55. The van der Waals surface area contributed by atoms with Gasteiger partial charge >= 0.3 is 0 Å². The van der Waals surface area contributed by atoms with E-state index in [1.807, 2.05) is 92.1 Å². The maximum Gasteiger partial charge on any atom is 0.140 e. The molecule has 0 spiro atoms. The summed E-state index contributed by atoms with van der Waals surface area (Å²) in [6.07, 6.45) is 4.88. The first-order valence-corrected chi connectivity index (χ1v) is 14.6. The molecule has 0 bridgehead atoms. The van der Waals surface area contributed by atoms with Crippen LogP contribution in [0.25, 0.3) is 44.4 Å². The summed E-state index contributed by atoms with van der Waals surface area (Å²) in [5.74, 6) is 1.27. The Morgan fingerprint density at radius 1 is 0.733 bits per heavy atom. The molecule has 5 nitrogen and oxygen atoms in total. The second kappa shape index (κ2) is 11.3. The molecule has 0 atom stereocenters. The lowest BCUT2D eigenvalue weighted by Gasteiger charge is -2.19. The van der Waals surface area contributed by atoms with Crippen LogP contribution in [0, 0.1) is 26.6 Å². The normalized spacial score (nSPS) is 11.5. The van der Waals surface area contributed by atoms with Crippen LogP contribution in [0.3, 0.4) is 0 Å². The third-order valence-corrected chi connectivity index (χ3v) is 8.67. The van der Waals surface area contributed by atoms with E-state index in [1.54, 1.807) is 17.1 Å². The lowest BCUT2D eigenvalue weighted by Crippen LogP contribution is -2.03. The van der Waals surface area contributed by atoms with Gasteiger partial charge in [-0.25, -0.2) is 22.8 Å². The standard InChI is InChI=1S/C37H29F3N4O/c1-22-23(2)32(18-38)37(33(19-39)24(22)3)25-20-42-43(21-25)27-7-6-8-28(16-27)45-29-11-12-31-30-9-4-5-10-34(30)44(35(31)17-29)36-15-26(40)13-14-41-36/h4-17,20-21H,18-19H2,1-3H3. The topological polar surface area (TPSA) is 44.9 Å². The highest BCUT2D eigenvalue weighted by Gasteiger charge is 2.20. The van der Waals surface area contributed by atoms with Gasteiger partial charge in [-0.3, -0.25) is 4.57 Å². The Morgan fingerprint density at radius 3 is 2.22 bits per heavy atom. The van der Waals surface area contributed by atoms with E-state index in [4.69, 9.17) is 4.74 Å². The number of fused-ring (bicyclic) bond motifs is 3. The van der Waals surface area contributed by atoms with Crippen LogP contribution in [-0.2, 0) is 13.3 Å². The zero-order chi connectivity index (χ0) is 31.2. The summed E-state index contributed by atoms with van der Waals surface area (Å²) >= 11 is 0. The Morgan fingerprint density at radius 2 is 1.47 bits per heavy atom. The molecule has 4 aromatic carbocycles. The number of aromatic nitrogens is 4. The van der Waals surface area contributed by atoms with Crippen LogP contribution >= 0.6 is 0 Å². The second-order valence-corrected chi connectivity index (χ2v) is 11.1. The van der Waals surface area contributed by atoms with Crippen molar-refractivity contribution in [2.45, 2.75) is 34.1 Å². The second-order valence-electron chi connectivity index (χ2n) is 11.1. The van der Waals surface area contributed by atoms with Crippen molar-refractivity contribution in [1.29, 1.82) is 0 Å². The Bertz CT molecular complexity index is 2200. The number of alkyl halides is 2. The number of para-hydroxylation sites is 1. The van der Waals surface area contributed by atoms with Gasteiger partial charge in [-0.05, 0) is 90.6 Å². The molecule has 45 heavy (non-hydrogen) atoms. The molecule has 0 amide bonds. The number of halogens is 3. The van der Waals surface area contributed by atoms with E-state index in [0.29, 0.717) is 39.6 Å².